The van der Waals surface area contributed by atoms with E-state index in [1.165, 1.54) is 4.90 Å². The van der Waals surface area contributed by atoms with Crippen LogP contribution in [0.2, 0.25) is 0 Å². The van der Waals surface area contributed by atoms with Crippen molar-refractivity contribution in [2.75, 3.05) is 26.2 Å². The Kier molecular flexibility index (Phi) is 5.71. The molecule has 5 nitrogen and oxygen atoms in total. The first kappa shape index (κ1) is 18.7. The number of amides is 1. The largest absolute Gasteiger partial charge is 0.465 e. The van der Waals surface area contributed by atoms with E-state index in [0.29, 0.717) is 19.0 Å². The molecule has 1 aromatic carbocycles. The summed E-state index contributed by atoms with van der Waals surface area (Å²) in [5, 5.41) is 19.8. The molecule has 1 amide bonds. The van der Waals surface area contributed by atoms with Crippen LogP contribution in [0.15, 0.2) is 28.7 Å². The number of hydrogen-bond donors (Lipinski definition) is 2. The first-order valence-corrected chi connectivity index (χ1v) is 9.85. The average molecular weight is 411 g/mol. The highest BCUT2D eigenvalue weighted by molar-refractivity contribution is 9.10. The number of piperidine rings is 2. The molecule has 0 bridgehead atoms. The molecule has 0 saturated carbocycles. The molecule has 0 radical (unpaired) electrons. The van der Waals surface area contributed by atoms with Crippen LogP contribution in [-0.4, -0.2) is 57.8 Å². The van der Waals surface area contributed by atoms with E-state index < -0.39 is 12.2 Å². The second-order valence-electron chi connectivity index (χ2n) is 7.59. The van der Waals surface area contributed by atoms with Crippen molar-refractivity contribution in [1.29, 1.82) is 0 Å². The van der Waals surface area contributed by atoms with Crippen molar-refractivity contribution in [3.63, 3.8) is 0 Å². The summed E-state index contributed by atoms with van der Waals surface area (Å²) in [6, 6.07) is 7.93. The van der Waals surface area contributed by atoms with Gasteiger partial charge < -0.3 is 15.1 Å². The summed E-state index contributed by atoms with van der Waals surface area (Å²) in [6.07, 6.45) is 2.53. The van der Waals surface area contributed by atoms with Gasteiger partial charge in [-0.05, 0) is 69.3 Å². The Morgan fingerprint density at radius 3 is 2.24 bits per heavy atom. The molecule has 1 aromatic rings. The van der Waals surface area contributed by atoms with E-state index in [1.807, 2.05) is 24.3 Å². The predicted octanol–water partition coefficient (Wildman–Crippen LogP) is 3.73. The van der Waals surface area contributed by atoms with Crippen molar-refractivity contribution in [1.82, 2.24) is 9.80 Å². The van der Waals surface area contributed by atoms with Crippen molar-refractivity contribution in [3.05, 3.63) is 34.3 Å². The molecule has 2 aliphatic rings. The van der Waals surface area contributed by atoms with Gasteiger partial charge >= 0.3 is 6.09 Å². The molecular formula is C19H27BrN2O3. The number of carbonyl (C=O) groups is 1. The summed E-state index contributed by atoms with van der Waals surface area (Å²) in [5.74, 6) is 0.292. The normalized spacial score (nSPS) is 23.4. The third-order valence-corrected chi connectivity index (χ3v) is 6.60. The van der Waals surface area contributed by atoms with Gasteiger partial charge in [0, 0.05) is 23.1 Å². The number of rotatable bonds is 3. The Hall–Kier alpha value is -1.11. The number of likely N-dealkylation sites (tertiary alicyclic amines) is 2. The minimum atomic E-state index is -0.807. The fraction of sp³-hybridized carbons (Fsp3) is 0.632. The Bertz CT molecular complexity index is 591. The molecule has 1 unspecified atom stereocenters. The van der Waals surface area contributed by atoms with Gasteiger partial charge in [-0.3, -0.25) is 4.90 Å². The topological polar surface area (TPSA) is 64.0 Å². The molecule has 6 heteroatoms. The molecular weight excluding hydrogens is 384 g/mol. The quantitative estimate of drug-likeness (QED) is 0.796. The van der Waals surface area contributed by atoms with Crippen LogP contribution in [0.25, 0.3) is 0 Å². The predicted molar refractivity (Wildman–Crippen MR) is 101 cm³/mol. The van der Waals surface area contributed by atoms with Crippen LogP contribution in [0, 0.1) is 5.92 Å². The van der Waals surface area contributed by atoms with Gasteiger partial charge in [-0.2, -0.15) is 0 Å². The molecule has 2 saturated heterocycles. The highest BCUT2D eigenvalue weighted by atomic mass is 79.9. The van der Waals surface area contributed by atoms with Gasteiger partial charge in [0.05, 0.1) is 6.10 Å². The lowest BCUT2D eigenvalue weighted by atomic mass is 9.82. The summed E-state index contributed by atoms with van der Waals surface area (Å²) in [7, 11) is 0. The van der Waals surface area contributed by atoms with Crippen LogP contribution in [0.1, 0.15) is 44.3 Å². The van der Waals surface area contributed by atoms with Crippen LogP contribution in [0.5, 0.6) is 0 Å². The number of nitrogens with zero attached hydrogens (tertiary/aromatic N) is 2. The van der Waals surface area contributed by atoms with Crippen LogP contribution in [0.3, 0.4) is 0 Å². The van der Waals surface area contributed by atoms with Crippen molar-refractivity contribution < 1.29 is 15.0 Å². The van der Waals surface area contributed by atoms with Crippen LogP contribution >= 0.6 is 15.9 Å². The highest BCUT2D eigenvalue weighted by Crippen LogP contribution is 2.36. The number of halogens is 1. The maximum Gasteiger partial charge on any atom is 0.407 e. The Labute approximate surface area is 157 Å². The molecule has 2 heterocycles. The zero-order valence-corrected chi connectivity index (χ0v) is 16.3. The molecule has 2 aliphatic heterocycles. The molecule has 138 valence electrons. The lowest BCUT2D eigenvalue weighted by molar-refractivity contribution is -0.0100. The average Bonchev–Trinajstić information content (AvgIpc) is 2.62. The van der Waals surface area contributed by atoms with E-state index in [-0.39, 0.29) is 5.54 Å². The number of benzene rings is 1. The van der Waals surface area contributed by atoms with E-state index in [9.17, 15) is 9.90 Å². The van der Waals surface area contributed by atoms with Crippen LogP contribution in [0.4, 0.5) is 4.79 Å². The summed E-state index contributed by atoms with van der Waals surface area (Å²) in [4.78, 5) is 15.1. The molecule has 0 aromatic heterocycles. The van der Waals surface area contributed by atoms with Crippen molar-refractivity contribution in [2.45, 2.75) is 44.2 Å². The first-order chi connectivity index (χ1) is 11.9. The zero-order chi connectivity index (χ0) is 18.0. The van der Waals surface area contributed by atoms with Gasteiger partial charge in [0.1, 0.15) is 0 Å². The number of aliphatic hydroxyl groups is 1. The third kappa shape index (κ3) is 4.18. The van der Waals surface area contributed by atoms with Gasteiger partial charge in [0.15, 0.2) is 0 Å². The maximum atomic E-state index is 11.1. The lowest BCUT2D eigenvalue weighted by Crippen LogP contribution is -2.56. The Morgan fingerprint density at radius 2 is 1.72 bits per heavy atom. The molecule has 25 heavy (non-hydrogen) atoms. The van der Waals surface area contributed by atoms with E-state index >= 15 is 0 Å². The van der Waals surface area contributed by atoms with E-state index in [0.717, 1.165) is 48.8 Å². The zero-order valence-electron chi connectivity index (χ0n) is 14.7. The minimum Gasteiger partial charge on any atom is -0.465 e. The van der Waals surface area contributed by atoms with Gasteiger partial charge in [0.25, 0.3) is 0 Å². The van der Waals surface area contributed by atoms with E-state index in [4.69, 9.17) is 5.11 Å². The minimum absolute atomic E-state index is 0.0828. The van der Waals surface area contributed by atoms with Crippen LogP contribution in [-0.2, 0) is 0 Å². The molecule has 0 aliphatic carbocycles. The summed E-state index contributed by atoms with van der Waals surface area (Å²) >= 11 is 3.43. The highest BCUT2D eigenvalue weighted by Gasteiger charge is 2.39. The third-order valence-electron chi connectivity index (χ3n) is 6.07. The standard InChI is InChI=1S/C19H27BrN2O3/c1-19(8-12-21(13-9-19)18(24)25)22-10-6-15(7-11-22)17(23)14-2-4-16(20)5-3-14/h2-5,15,17,23H,6-13H2,1H3,(H,24,25). The molecule has 1 atom stereocenters. The van der Waals surface area contributed by atoms with Gasteiger partial charge in [-0.15, -0.1) is 0 Å². The second kappa shape index (κ2) is 7.64. The number of carboxylic acid groups (broad SMARTS) is 1. The van der Waals surface area contributed by atoms with Crippen molar-refractivity contribution in [2.24, 2.45) is 5.92 Å². The van der Waals surface area contributed by atoms with Crippen molar-refractivity contribution in [3.8, 4) is 0 Å². The van der Waals surface area contributed by atoms with E-state index in [1.54, 1.807) is 0 Å². The molecule has 2 fully saturated rings. The number of hydrogen-bond acceptors (Lipinski definition) is 3. The van der Waals surface area contributed by atoms with Gasteiger partial charge in [-0.1, -0.05) is 28.1 Å². The first-order valence-electron chi connectivity index (χ1n) is 9.05. The second-order valence-corrected chi connectivity index (χ2v) is 8.50. The fourth-order valence-corrected chi connectivity index (χ4v) is 4.45. The fourth-order valence-electron chi connectivity index (χ4n) is 4.18. The Balaban J connectivity index is 1.55. The molecule has 2 N–H and O–H groups in total. The lowest BCUT2D eigenvalue weighted by Gasteiger charge is -2.49. The smallest absolute Gasteiger partial charge is 0.407 e. The van der Waals surface area contributed by atoms with Gasteiger partial charge in [-0.25, -0.2) is 4.79 Å². The SMILES string of the molecule is CC1(N2CCC(C(O)c3ccc(Br)cc3)CC2)CCN(C(=O)O)CC1. The van der Waals surface area contributed by atoms with Gasteiger partial charge in [0.2, 0.25) is 0 Å². The summed E-state index contributed by atoms with van der Waals surface area (Å²) in [6.45, 7) is 5.45. The molecule has 3 rings (SSSR count). The van der Waals surface area contributed by atoms with Crippen LogP contribution < -0.4 is 0 Å². The molecule has 0 spiro atoms. The monoisotopic (exact) mass is 410 g/mol. The number of aliphatic hydroxyl groups excluding tert-OH is 1. The summed E-state index contributed by atoms with van der Waals surface area (Å²) in [5.41, 5.74) is 1.07. The maximum absolute atomic E-state index is 11.1. The Morgan fingerprint density at radius 1 is 1.16 bits per heavy atom. The van der Waals surface area contributed by atoms with E-state index in [2.05, 4.69) is 27.8 Å². The summed E-state index contributed by atoms with van der Waals surface area (Å²) < 4.78 is 1.03. The van der Waals surface area contributed by atoms with Crippen molar-refractivity contribution >= 4 is 22.0 Å².